The van der Waals surface area contributed by atoms with Gasteiger partial charge in [0.05, 0.1) is 37.4 Å². The molecular formula is C39H47N5O5. The highest BCUT2D eigenvalue weighted by Gasteiger charge is 2.32. The lowest BCUT2D eigenvalue weighted by atomic mass is 9.93. The monoisotopic (exact) mass is 665 g/mol. The van der Waals surface area contributed by atoms with Crippen LogP contribution in [0.4, 0.5) is 5.69 Å². The highest BCUT2D eigenvalue weighted by atomic mass is 16.5. The molecule has 0 spiro atoms. The van der Waals surface area contributed by atoms with E-state index in [0.717, 1.165) is 42.4 Å². The quantitative estimate of drug-likeness (QED) is 0.171. The fourth-order valence-corrected chi connectivity index (χ4v) is 6.28. The van der Waals surface area contributed by atoms with E-state index in [9.17, 15) is 19.5 Å². The second-order valence-electron chi connectivity index (χ2n) is 12.6. The molecule has 3 amide bonds. The fourth-order valence-electron chi connectivity index (χ4n) is 6.28. The first-order chi connectivity index (χ1) is 23.8. The van der Waals surface area contributed by atoms with Crippen LogP contribution in [0.25, 0.3) is 5.69 Å². The first kappa shape index (κ1) is 35.3. The molecule has 3 aromatic carbocycles. The number of aromatic nitrogens is 2. The Balaban J connectivity index is 1.51. The smallest absolute Gasteiger partial charge is 0.274 e. The molecule has 1 aromatic heterocycles. The van der Waals surface area contributed by atoms with Crippen molar-refractivity contribution in [3.8, 4) is 11.4 Å². The first-order valence-electron chi connectivity index (χ1n) is 17.2. The molecule has 2 N–H and O–H groups in total. The number of carbonyl (C=O) groups excluding carboxylic acids is 3. The lowest BCUT2D eigenvalue weighted by molar-refractivity contribution is -0.115. The summed E-state index contributed by atoms with van der Waals surface area (Å²) >= 11 is 0. The number of amides is 3. The van der Waals surface area contributed by atoms with Gasteiger partial charge in [-0.3, -0.25) is 14.4 Å². The van der Waals surface area contributed by atoms with Crippen molar-refractivity contribution in [2.24, 2.45) is 0 Å². The maximum absolute atomic E-state index is 14.5. The van der Waals surface area contributed by atoms with Gasteiger partial charge in [0.25, 0.3) is 11.8 Å². The summed E-state index contributed by atoms with van der Waals surface area (Å²) in [6.07, 6.45) is 4.41. The molecule has 5 rings (SSSR count). The van der Waals surface area contributed by atoms with Crippen LogP contribution >= 0.6 is 0 Å². The standard InChI is InChI=1S/C39H47N5O5/c1-5-7-18-42(19-8-6-2)39(48)35-20-27(3)44(41-35)36-17-16-31(40-37(46)22-28-12-11-15-33(21-28)49-4)24-34(36)38(47)43-25-30-14-10-9-13-29(30)23-32(43)26-45/h9-17,20-21,24,32,45H,5-8,18-19,22-23,25-26H2,1-4H3,(H,40,46)/t32-/m0/s1. The topological polar surface area (TPSA) is 117 Å². The lowest BCUT2D eigenvalue weighted by Gasteiger charge is -2.36. The molecule has 1 aliphatic rings. The van der Waals surface area contributed by atoms with Crippen LogP contribution in [-0.4, -0.2) is 75.3 Å². The van der Waals surface area contributed by atoms with E-state index in [1.165, 1.54) is 0 Å². The van der Waals surface area contributed by atoms with Gasteiger partial charge >= 0.3 is 0 Å². The number of aryl methyl sites for hydroxylation is 1. The van der Waals surface area contributed by atoms with Gasteiger partial charge in [-0.05, 0) is 79.3 Å². The Morgan fingerprint density at radius 3 is 2.39 bits per heavy atom. The van der Waals surface area contributed by atoms with Crippen LogP contribution in [0.3, 0.4) is 0 Å². The summed E-state index contributed by atoms with van der Waals surface area (Å²) in [4.78, 5) is 44.9. The molecule has 2 heterocycles. The minimum atomic E-state index is -0.428. The van der Waals surface area contributed by atoms with Crippen LogP contribution in [0.15, 0.2) is 72.8 Å². The SMILES string of the molecule is CCCCN(CCCC)C(=O)c1cc(C)n(-c2ccc(NC(=O)Cc3cccc(OC)c3)cc2C(=O)N2Cc3ccccc3C[C@H]2CO)n1. The van der Waals surface area contributed by atoms with E-state index in [1.807, 2.05) is 60.4 Å². The van der Waals surface area contributed by atoms with Crippen LogP contribution in [0.2, 0.25) is 0 Å². The van der Waals surface area contributed by atoms with Gasteiger partial charge in [-0.25, -0.2) is 4.68 Å². The average molecular weight is 666 g/mol. The van der Waals surface area contributed by atoms with Gasteiger partial charge in [-0.1, -0.05) is 63.1 Å². The predicted octanol–water partition coefficient (Wildman–Crippen LogP) is 5.97. The number of fused-ring (bicyclic) bond motifs is 1. The molecule has 4 aromatic rings. The molecule has 258 valence electrons. The first-order valence-corrected chi connectivity index (χ1v) is 17.2. The largest absolute Gasteiger partial charge is 0.497 e. The number of nitrogens with one attached hydrogen (secondary N) is 1. The number of nitrogens with zero attached hydrogens (tertiary/aromatic N) is 4. The normalized spacial score (nSPS) is 13.9. The second-order valence-corrected chi connectivity index (χ2v) is 12.6. The van der Waals surface area contributed by atoms with Gasteiger partial charge in [0.15, 0.2) is 5.69 Å². The molecule has 10 nitrogen and oxygen atoms in total. The highest BCUT2D eigenvalue weighted by molar-refractivity contribution is 6.01. The Morgan fingerprint density at radius 2 is 1.69 bits per heavy atom. The molecule has 0 bridgehead atoms. The molecule has 10 heteroatoms. The van der Waals surface area contributed by atoms with Crippen molar-refractivity contribution in [3.05, 3.63) is 106 Å². The third-order valence-electron chi connectivity index (χ3n) is 9.02. The zero-order chi connectivity index (χ0) is 34.9. The molecule has 0 radical (unpaired) electrons. The van der Waals surface area contributed by atoms with E-state index in [2.05, 4.69) is 19.2 Å². The Bertz CT molecular complexity index is 1780. The van der Waals surface area contributed by atoms with E-state index >= 15 is 0 Å². The Labute approximate surface area is 288 Å². The second kappa shape index (κ2) is 16.4. The average Bonchev–Trinajstić information content (AvgIpc) is 3.51. The highest BCUT2D eigenvalue weighted by Crippen LogP contribution is 2.29. The van der Waals surface area contributed by atoms with Gasteiger partial charge in [-0.2, -0.15) is 5.10 Å². The molecule has 0 aliphatic carbocycles. The zero-order valence-corrected chi connectivity index (χ0v) is 28.9. The number of aliphatic hydroxyl groups excluding tert-OH is 1. The lowest BCUT2D eigenvalue weighted by Crippen LogP contribution is -2.46. The van der Waals surface area contributed by atoms with Crippen molar-refractivity contribution in [1.29, 1.82) is 0 Å². The Kier molecular flexibility index (Phi) is 11.9. The maximum atomic E-state index is 14.5. The summed E-state index contributed by atoms with van der Waals surface area (Å²) in [6.45, 7) is 7.52. The number of rotatable bonds is 14. The zero-order valence-electron chi connectivity index (χ0n) is 28.9. The van der Waals surface area contributed by atoms with Crippen molar-refractivity contribution < 1.29 is 24.2 Å². The molecule has 0 saturated carbocycles. The minimum Gasteiger partial charge on any atom is -0.497 e. The number of hydrogen-bond donors (Lipinski definition) is 2. The van der Waals surface area contributed by atoms with Crippen molar-refractivity contribution in [3.63, 3.8) is 0 Å². The fraction of sp³-hybridized carbons (Fsp3) is 0.385. The van der Waals surface area contributed by atoms with E-state index in [1.54, 1.807) is 41.0 Å². The number of ether oxygens (including phenoxy) is 1. The van der Waals surface area contributed by atoms with Crippen molar-refractivity contribution >= 4 is 23.4 Å². The number of hydrogen-bond acceptors (Lipinski definition) is 6. The number of carbonyl (C=O) groups is 3. The van der Waals surface area contributed by atoms with E-state index in [4.69, 9.17) is 9.84 Å². The molecule has 49 heavy (non-hydrogen) atoms. The predicted molar refractivity (Wildman–Crippen MR) is 190 cm³/mol. The molecule has 0 unspecified atom stereocenters. The molecular weight excluding hydrogens is 618 g/mol. The number of unbranched alkanes of at least 4 members (excludes halogenated alkanes) is 2. The molecule has 1 aliphatic heterocycles. The van der Waals surface area contributed by atoms with Crippen LogP contribution in [-0.2, 0) is 24.2 Å². The Morgan fingerprint density at radius 1 is 0.959 bits per heavy atom. The van der Waals surface area contributed by atoms with Gasteiger partial charge in [-0.15, -0.1) is 0 Å². The van der Waals surface area contributed by atoms with Crippen molar-refractivity contribution in [2.75, 3.05) is 32.1 Å². The van der Waals surface area contributed by atoms with E-state index in [-0.39, 0.29) is 30.7 Å². The summed E-state index contributed by atoms with van der Waals surface area (Å²) in [5.74, 6) is -0.0221. The van der Waals surface area contributed by atoms with Crippen LogP contribution in [0.5, 0.6) is 5.75 Å². The summed E-state index contributed by atoms with van der Waals surface area (Å²) in [6, 6.07) is 21.7. The Hall–Kier alpha value is -4.96. The molecule has 1 atom stereocenters. The van der Waals surface area contributed by atoms with Crippen molar-refractivity contribution in [1.82, 2.24) is 19.6 Å². The van der Waals surface area contributed by atoms with E-state index < -0.39 is 6.04 Å². The van der Waals surface area contributed by atoms with Gasteiger partial charge in [0, 0.05) is 31.0 Å². The third kappa shape index (κ3) is 8.37. The maximum Gasteiger partial charge on any atom is 0.274 e. The third-order valence-corrected chi connectivity index (χ3v) is 9.02. The van der Waals surface area contributed by atoms with Crippen LogP contribution < -0.4 is 10.1 Å². The summed E-state index contributed by atoms with van der Waals surface area (Å²) in [5, 5.41) is 18.1. The van der Waals surface area contributed by atoms with Gasteiger partial charge in [0.1, 0.15) is 5.75 Å². The number of methoxy groups -OCH3 is 1. The number of anilines is 1. The molecule has 0 fully saturated rings. The number of benzene rings is 3. The van der Waals surface area contributed by atoms with E-state index in [0.29, 0.717) is 60.1 Å². The minimum absolute atomic E-state index is 0.119. The summed E-state index contributed by atoms with van der Waals surface area (Å²) < 4.78 is 6.93. The van der Waals surface area contributed by atoms with Gasteiger partial charge < -0.3 is 25.0 Å². The van der Waals surface area contributed by atoms with Crippen molar-refractivity contribution in [2.45, 2.75) is 71.9 Å². The van der Waals surface area contributed by atoms with Crippen LogP contribution in [0.1, 0.15) is 82.8 Å². The number of aliphatic hydroxyl groups is 1. The van der Waals surface area contributed by atoms with Gasteiger partial charge in [0.2, 0.25) is 5.91 Å². The van der Waals surface area contributed by atoms with Crippen LogP contribution in [0, 0.1) is 6.92 Å². The summed E-state index contributed by atoms with van der Waals surface area (Å²) in [7, 11) is 1.58. The molecule has 0 saturated heterocycles. The summed E-state index contributed by atoms with van der Waals surface area (Å²) in [5.41, 5.74) is 5.16.